The van der Waals surface area contributed by atoms with Crippen LogP contribution in [-0.2, 0) is 33.0 Å². The molecule has 0 bridgehead atoms. The Bertz CT molecular complexity index is 1330. The van der Waals surface area contributed by atoms with Crippen molar-refractivity contribution in [2.75, 3.05) is 37.6 Å². The molecule has 2 aromatic carbocycles. The maximum atomic E-state index is 13.4. The standard InChI is InChI=1S/C27H36N4O5S/c1-7-36-24-11-19-14-31(26(28)22(19)10-18(24)12-25(33)29-5)15-23(32)17-8-20(27(2,3)4)13-21(9-17)30-16-37(6,34)35/h8-11,13,28,30H,7,12,14-16H2,1-6H3,(H,29,33). The Hall–Kier alpha value is -3.40. The maximum Gasteiger partial charge on any atom is 0.224 e. The van der Waals surface area contributed by atoms with Gasteiger partial charge < -0.3 is 20.3 Å². The van der Waals surface area contributed by atoms with Crippen molar-refractivity contribution in [3.63, 3.8) is 0 Å². The zero-order chi connectivity index (χ0) is 27.5. The van der Waals surface area contributed by atoms with E-state index in [9.17, 15) is 18.0 Å². The Morgan fingerprint density at radius 3 is 2.43 bits per heavy atom. The molecule has 200 valence electrons. The molecule has 0 atom stereocenters. The number of hydrogen-bond acceptors (Lipinski definition) is 7. The Morgan fingerprint density at radius 1 is 1.14 bits per heavy atom. The van der Waals surface area contributed by atoms with Crippen molar-refractivity contribution in [3.8, 4) is 5.75 Å². The summed E-state index contributed by atoms with van der Waals surface area (Å²) in [5, 5.41) is 14.2. The third kappa shape index (κ3) is 7.09. The van der Waals surface area contributed by atoms with Crippen molar-refractivity contribution < 1.29 is 22.7 Å². The van der Waals surface area contributed by atoms with Crippen LogP contribution in [0.3, 0.4) is 0 Å². The summed E-state index contributed by atoms with van der Waals surface area (Å²) in [6.07, 6.45) is 1.28. The number of carbonyl (C=O) groups excluding carboxylic acids is 2. The van der Waals surface area contributed by atoms with Gasteiger partial charge >= 0.3 is 0 Å². The number of sulfone groups is 1. The Kier molecular flexibility index (Phi) is 8.32. The average Bonchev–Trinajstić information content (AvgIpc) is 3.10. The molecule has 9 nitrogen and oxygen atoms in total. The lowest BCUT2D eigenvalue weighted by Gasteiger charge is -2.22. The second kappa shape index (κ2) is 10.9. The van der Waals surface area contributed by atoms with Crippen LogP contribution < -0.4 is 15.4 Å². The Balaban J connectivity index is 1.87. The predicted molar refractivity (Wildman–Crippen MR) is 145 cm³/mol. The molecule has 1 amide bonds. The van der Waals surface area contributed by atoms with Gasteiger partial charge in [-0.05, 0) is 53.8 Å². The molecule has 0 saturated heterocycles. The summed E-state index contributed by atoms with van der Waals surface area (Å²) < 4.78 is 29.1. The van der Waals surface area contributed by atoms with Crippen molar-refractivity contribution in [2.24, 2.45) is 0 Å². The minimum atomic E-state index is -3.25. The molecule has 1 heterocycles. The van der Waals surface area contributed by atoms with Crippen LogP contribution in [-0.4, -0.2) is 63.2 Å². The topological polar surface area (TPSA) is 129 Å². The monoisotopic (exact) mass is 528 g/mol. The van der Waals surface area contributed by atoms with Crippen molar-refractivity contribution in [1.29, 1.82) is 5.41 Å². The average molecular weight is 529 g/mol. The number of nitrogens with zero attached hydrogens (tertiary/aromatic N) is 1. The molecule has 3 N–H and O–H groups in total. The van der Waals surface area contributed by atoms with Crippen LogP contribution in [0.4, 0.5) is 5.69 Å². The summed E-state index contributed by atoms with van der Waals surface area (Å²) >= 11 is 0. The molecule has 0 unspecified atom stereocenters. The van der Waals surface area contributed by atoms with Gasteiger partial charge in [0.2, 0.25) is 5.91 Å². The second-order valence-electron chi connectivity index (χ2n) is 10.3. The molecule has 0 saturated carbocycles. The number of anilines is 1. The fourth-order valence-corrected chi connectivity index (χ4v) is 4.53. The number of hydrogen-bond donors (Lipinski definition) is 3. The molecule has 1 aliphatic heterocycles. The maximum absolute atomic E-state index is 13.4. The van der Waals surface area contributed by atoms with E-state index in [-0.39, 0.29) is 41.8 Å². The number of ketones is 1. The highest BCUT2D eigenvalue weighted by atomic mass is 32.2. The first-order valence-corrected chi connectivity index (χ1v) is 14.2. The first kappa shape index (κ1) is 28.2. The van der Waals surface area contributed by atoms with E-state index in [4.69, 9.17) is 10.1 Å². The van der Waals surface area contributed by atoms with Crippen molar-refractivity contribution >= 4 is 33.1 Å². The number of rotatable bonds is 10. The number of amides is 1. The number of amidine groups is 1. The molecule has 3 rings (SSSR count). The van der Waals surface area contributed by atoms with Crippen LogP contribution in [0.1, 0.15) is 60.3 Å². The van der Waals surface area contributed by atoms with Crippen LogP contribution >= 0.6 is 0 Å². The number of benzene rings is 2. The number of likely N-dealkylation sites (N-methyl/N-ethyl adjacent to an activating group) is 1. The highest BCUT2D eigenvalue weighted by Gasteiger charge is 2.29. The van der Waals surface area contributed by atoms with Gasteiger partial charge in [-0.2, -0.15) is 0 Å². The molecule has 0 radical (unpaired) electrons. The number of Topliss-reactive ketones (excluding diaryl/α,β-unsaturated/α-hetero) is 1. The van der Waals surface area contributed by atoms with E-state index < -0.39 is 9.84 Å². The summed E-state index contributed by atoms with van der Waals surface area (Å²) in [5.41, 5.74) is 3.87. The lowest BCUT2D eigenvalue weighted by Crippen LogP contribution is -2.30. The molecule has 37 heavy (non-hydrogen) atoms. The summed E-state index contributed by atoms with van der Waals surface area (Å²) in [6.45, 7) is 8.75. The van der Waals surface area contributed by atoms with E-state index >= 15 is 0 Å². The smallest absolute Gasteiger partial charge is 0.224 e. The quantitative estimate of drug-likeness (QED) is 0.404. The first-order valence-electron chi connectivity index (χ1n) is 12.1. The molecular weight excluding hydrogens is 492 g/mol. The Labute approximate surface area is 219 Å². The van der Waals surface area contributed by atoms with Crippen LogP contribution in [0.25, 0.3) is 0 Å². The predicted octanol–water partition coefficient (Wildman–Crippen LogP) is 3.11. The second-order valence-corrected chi connectivity index (χ2v) is 12.5. The van der Waals surface area contributed by atoms with Gasteiger partial charge in [0.1, 0.15) is 17.5 Å². The molecule has 0 fully saturated rings. The number of fused-ring (bicyclic) bond motifs is 1. The van der Waals surface area contributed by atoms with Gasteiger partial charge in [0.25, 0.3) is 0 Å². The zero-order valence-electron chi connectivity index (χ0n) is 22.3. The summed E-state index contributed by atoms with van der Waals surface area (Å²) in [4.78, 5) is 27.1. The minimum Gasteiger partial charge on any atom is -0.494 e. The summed E-state index contributed by atoms with van der Waals surface area (Å²) in [6, 6.07) is 9.00. The lowest BCUT2D eigenvalue weighted by atomic mass is 9.85. The molecule has 1 aliphatic rings. The number of ether oxygens (including phenoxy) is 1. The fraction of sp³-hybridized carbons (Fsp3) is 0.444. The van der Waals surface area contributed by atoms with Gasteiger partial charge in [0.05, 0.1) is 19.6 Å². The molecule has 0 aliphatic carbocycles. The molecule has 0 aromatic heterocycles. The SMILES string of the molecule is CCOc1cc2c(cc1CC(=O)NC)C(=N)N(CC(=O)c1cc(NCS(C)(=O)=O)cc(C(C)(C)C)c1)C2. The van der Waals surface area contributed by atoms with Gasteiger partial charge in [-0.25, -0.2) is 8.42 Å². The van der Waals surface area contributed by atoms with Gasteiger partial charge in [-0.15, -0.1) is 0 Å². The molecule has 0 spiro atoms. The number of nitrogens with one attached hydrogen (secondary N) is 3. The van der Waals surface area contributed by atoms with Crippen molar-refractivity contribution in [2.45, 2.75) is 46.1 Å². The van der Waals surface area contributed by atoms with Crippen molar-refractivity contribution in [3.05, 3.63) is 58.1 Å². The molecule has 10 heteroatoms. The van der Waals surface area contributed by atoms with Crippen LogP contribution in [0.5, 0.6) is 5.75 Å². The summed E-state index contributed by atoms with van der Waals surface area (Å²) in [7, 11) is -1.68. The van der Waals surface area contributed by atoms with Gasteiger partial charge in [0, 0.05) is 42.2 Å². The normalized spacial score (nSPS) is 13.4. The largest absolute Gasteiger partial charge is 0.494 e. The van der Waals surface area contributed by atoms with Gasteiger partial charge in [-0.1, -0.05) is 20.8 Å². The van der Waals surface area contributed by atoms with E-state index in [2.05, 4.69) is 10.6 Å². The lowest BCUT2D eigenvalue weighted by molar-refractivity contribution is -0.119. The van der Waals surface area contributed by atoms with Crippen LogP contribution in [0, 0.1) is 5.41 Å². The third-order valence-corrected chi connectivity index (χ3v) is 6.81. The van der Waals surface area contributed by atoms with E-state index in [0.29, 0.717) is 41.3 Å². The van der Waals surface area contributed by atoms with E-state index in [1.807, 2.05) is 45.9 Å². The zero-order valence-corrected chi connectivity index (χ0v) is 23.1. The van der Waals surface area contributed by atoms with Gasteiger partial charge in [-0.3, -0.25) is 15.0 Å². The highest BCUT2D eigenvalue weighted by Crippen LogP contribution is 2.32. The van der Waals surface area contributed by atoms with Gasteiger partial charge in [0.15, 0.2) is 15.6 Å². The van der Waals surface area contributed by atoms with Crippen molar-refractivity contribution in [1.82, 2.24) is 10.2 Å². The minimum absolute atomic E-state index is 0.0125. The van der Waals surface area contributed by atoms with Crippen LogP contribution in [0.2, 0.25) is 0 Å². The van der Waals surface area contributed by atoms with E-state index in [1.54, 1.807) is 24.1 Å². The molecular formula is C27H36N4O5S. The number of carbonyl (C=O) groups is 2. The Morgan fingerprint density at radius 2 is 1.84 bits per heavy atom. The third-order valence-electron chi connectivity index (χ3n) is 6.14. The highest BCUT2D eigenvalue weighted by molar-refractivity contribution is 7.90. The van der Waals surface area contributed by atoms with E-state index in [0.717, 1.165) is 17.4 Å². The first-order chi connectivity index (χ1) is 17.2. The molecule has 2 aromatic rings. The fourth-order valence-electron chi connectivity index (χ4n) is 4.10. The van der Waals surface area contributed by atoms with Crippen LogP contribution in [0.15, 0.2) is 30.3 Å². The summed E-state index contributed by atoms with van der Waals surface area (Å²) in [5.74, 6) is 0.247. The van der Waals surface area contributed by atoms with E-state index in [1.165, 1.54) is 0 Å².